The molecular weight excluding hydrogens is 285 g/mol. The number of amides is 1. The predicted molar refractivity (Wildman–Crippen MR) is 70.5 cm³/mol. The van der Waals surface area contributed by atoms with Crippen molar-refractivity contribution < 1.29 is 9.18 Å². The maximum Gasteiger partial charge on any atom is 0.256 e. The van der Waals surface area contributed by atoms with E-state index in [1.807, 2.05) is 20.8 Å². The van der Waals surface area contributed by atoms with Crippen LogP contribution in [0.3, 0.4) is 0 Å². The van der Waals surface area contributed by atoms with Crippen LogP contribution >= 0.6 is 15.9 Å². The van der Waals surface area contributed by atoms with Crippen molar-refractivity contribution in [1.29, 1.82) is 0 Å². The normalized spacial score (nSPS) is 11.4. The van der Waals surface area contributed by atoms with Crippen LogP contribution in [-0.2, 0) is 0 Å². The lowest BCUT2D eigenvalue weighted by atomic mass is 9.96. The van der Waals surface area contributed by atoms with Crippen LogP contribution in [0.15, 0.2) is 22.7 Å². The van der Waals surface area contributed by atoms with Crippen LogP contribution < -0.4 is 0 Å². The van der Waals surface area contributed by atoms with E-state index in [9.17, 15) is 9.18 Å². The zero-order chi connectivity index (χ0) is 13.2. The first-order valence-electron chi connectivity index (χ1n) is 5.42. The molecule has 1 rings (SSSR count). The molecule has 0 spiro atoms. The number of rotatable bonds is 2. The van der Waals surface area contributed by atoms with Gasteiger partial charge in [-0.15, -0.1) is 0 Å². The van der Waals surface area contributed by atoms with Gasteiger partial charge in [0.25, 0.3) is 5.91 Å². The van der Waals surface area contributed by atoms with Crippen LogP contribution in [0.4, 0.5) is 4.39 Å². The van der Waals surface area contributed by atoms with Crippen LogP contribution in [-0.4, -0.2) is 24.4 Å². The lowest BCUT2D eigenvalue weighted by molar-refractivity contribution is 0.0741. The Kier molecular flexibility index (Phi) is 4.31. The number of hydrogen-bond donors (Lipinski definition) is 0. The molecule has 0 atom stereocenters. The van der Waals surface area contributed by atoms with Gasteiger partial charge in [0.1, 0.15) is 5.82 Å². The monoisotopic (exact) mass is 301 g/mol. The summed E-state index contributed by atoms with van der Waals surface area (Å²) in [6.45, 7) is 6.69. The van der Waals surface area contributed by atoms with Gasteiger partial charge in [0.2, 0.25) is 0 Å². The minimum Gasteiger partial charge on any atom is -0.341 e. The van der Waals surface area contributed by atoms with E-state index in [2.05, 4.69) is 15.9 Å². The van der Waals surface area contributed by atoms with Crippen molar-refractivity contribution in [3.05, 3.63) is 34.1 Å². The molecule has 0 aliphatic rings. The van der Waals surface area contributed by atoms with E-state index in [-0.39, 0.29) is 16.9 Å². The third kappa shape index (κ3) is 3.80. The topological polar surface area (TPSA) is 20.3 Å². The summed E-state index contributed by atoms with van der Waals surface area (Å²) >= 11 is 3.08. The zero-order valence-electron chi connectivity index (χ0n) is 10.6. The highest BCUT2D eigenvalue weighted by Crippen LogP contribution is 2.21. The number of hydrogen-bond acceptors (Lipinski definition) is 1. The highest BCUT2D eigenvalue weighted by atomic mass is 79.9. The van der Waals surface area contributed by atoms with E-state index in [0.717, 1.165) is 0 Å². The van der Waals surface area contributed by atoms with Gasteiger partial charge < -0.3 is 4.90 Å². The molecule has 17 heavy (non-hydrogen) atoms. The Morgan fingerprint density at radius 2 is 2.00 bits per heavy atom. The molecule has 0 unspecified atom stereocenters. The molecular formula is C13H17BrFNO. The predicted octanol–water partition coefficient (Wildman–Crippen LogP) is 3.71. The Bertz CT molecular complexity index is 426. The molecule has 4 heteroatoms. The summed E-state index contributed by atoms with van der Waals surface area (Å²) in [7, 11) is 1.69. The molecule has 0 aromatic heterocycles. The summed E-state index contributed by atoms with van der Waals surface area (Å²) in [6.07, 6.45) is 0. The summed E-state index contributed by atoms with van der Waals surface area (Å²) in [5.41, 5.74) is 0.0958. The highest BCUT2D eigenvalue weighted by Gasteiger charge is 2.21. The molecule has 0 aliphatic carbocycles. The Hall–Kier alpha value is -0.900. The van der Waals surface area contributed by atoms with E-state index in [1.165, 1.54) is 6.07 Å². The second-order valence-corrected chi connectivity index (χ2v) is 6.18. The van der Waals surface area contributed by atoms with Gasteiger partial charge in [0.15, 0.2) is 0 Å². The second kappa shape index (κ2) is 5.17. The van der Waals surface area contributed by atoms with Crippen molar-refractivity contribution in [2.75, 3.05) is 13.6 Å². The Balaban J connectivity index is 2.93. The van der Waals surface area contributed by atoms with E-state index in [1.54, 1.807) is 24.1 Å². The highest BCUT2D eigenvalue weighted by molar-refractivity contribution is 9.10. The van der Waals surface area contributed by atoms with Gasteiger partial charge in [-0.3, -0.25) is 4.79 Å². The molecule has 2 nitrogen and oxygen atoms in total. The minimum atomic E-state index is -0.502. The summed E-state index contributed by atoms with van der Waals surface area (Å²) in [5, 5.41) is 0. The fraction of sp³-hybridized carbons (Fsp3) is 0.462. The van der Waals surface area contributed by atoms with Crippen molar-refractivity contribution in [1.82, 2.24) is 4.90 Å². The summed E-state index contributed by atoms with van der Waals surface area (Å²) < 4.78 is 14.1. The van der Waals surface area contributed by atoms with Crippen LogP contribution in [0.1, 0.15) is 31.1 Å². The van der Waals surface area contributed by atoms with Gasteiger partial charge in [-0.25, -0.2) is 4.39 Å². The van der Waals surface area contributed by atoms with Crippen molar-refractivity contribution >= 4 is 21.8 Å². The molecule has 0 heterocycles. The van der Waals surface area contributed by atoms with Gasteiger partial charge in [0, 0.05) is 13.6 Å². The Morgan fingerprint density at radius 3 is 2.53 bits per heavy atom. The first kappa shape index (κ1) is 14.2. The lowest BCUT2D eigenvalue weighted by Crippen LogP contribution is -2.34. The van der Waals surface area contributed by atoms with Gasteiger partial charge in [-0.05, 0) is 33.5 Å². The van der Waals surface area contributed by atoms with Gasteiger partial charge >= 0.3 is 0 Å². The molecule has 1 aromatic rings. The fourth-order valence-corrected chi connectivity index (χ4v) is 2.02. The van der Waals surface area contributed by atoms with Gasteiger partial charge in [-0.2, -0.15) is 0 Å². The van der Waals surface area contributed by atoms with Crippen LogP contribution in [0, 0.1) is 11.2 Å². The standard InChI is InChI=1S/C13H17BrFNO/c1-13(2,3)8-16(4)12(17)9-6-5-7-10(14)11(9)15/h5-7H,8H2,1-4H3. The molecule has 0 N–H and O–H groups in total. The van der Waals surface area contributed by atoms with Gasteiger partial charge in [0.05, 0.1) is 10.0 Å². The number of carbonyl (C=O) groups excluding carboxylic acids is 1. The third-order valence-electron chi connectivity index (χ3n) is 2.24. The molecule has 0 aliphatic heterocycles. The van der Waals surface area contributed by atoms with Crippen molar-refractivity contribution in [3.63, 3.8) is 0 Å². The lowest BCUT2D eigenvalue weighted by Gasteiger charge is -2.26. The van der Waals surface area contributed by atoms with Crippen LogP contribution in [0.25, 0.3) is 0 Å². The maximum absolute atomic E-state index is 13.8. The van der Waals surface area contributed by atoms with E-state index >= 15 is 0 Å². The third-order valence-corrected chi connectivity index (χ3v) is 2.85. The first-order valence-corrected chi connectivity index (χ1v) is 6.21. The Morgan fingerprint density at radius 1 is 1.41 bits per heavy atom. The molecule has 0 bridgehead atoms. The van der Waals surface area contributed by atoms with Crippen molar-refractivity contribution in [3.8, 4) is 0 Å². The smallest absolute Gasteiger partial charge is 0.256 e. The van der Waals surface area contributed by atoms with Crippen LogP contribution in [0.5, 0.6) is 0 Å². The van der Waals surface area contributed by atoms with Crippen molar-refractivity contribution in [2.45, 2.75) is 20.8 Å². The molecule has 94 valence electrons. The SMILES string of the molecule is CN(CC(C)(C)C)C(=O)c1cccc(Br)c1F. The average Bonchev–Trinajstić information content (AvgIpc) is 2.18. The molecule has 1 amide bonds. The Labute approximate surface area is 110 Å². The molecule has 0 fully saturated rings. The summed E-state index contributed by atoms with van der Waals surface area (Å²) in [5.74, 6) is -0.794. The number of benzene rings is 1. The van der Waals surface area contributed by atoms with E-state index in [0.29, 0.717) is 11.0 Å². The second-order valence-electron chi connectivity index (χ2n) is 5.32. The molecule has 1 aromatic carbocycles. The van der Waals surface area contributed by atoms with E-state index < -0.39 is 5.82 Å². The van der Waals surface area contributed by atoms with Crippen molar-refractivity contribution in [2.24, 2.45) is 5.41 Å². The first-order chi connectivity index (χ1) is 7.72. The summed E-state index contributed by atoms with van der Waals surface area (Å²) in [6, 6.07) is 4.74. The van der Waals surface area contributed by atoms with Crippen LogP contribution in [0.2, 0.25) is 0 Å². The molecule has 0 radical (unpaired) electrons. The molecule has 0 saturated heterocycles. The number of halogens is 2. The fourth-order valence-electron chi connectivity index (χ4n) is 1.66. The number of carbonyl (C=O) groups is 1. The maximum atomic E-state index is 13.8. The van der Waals surface area contributed by atoms with Gasteiger partial charge in [-0.1, -0.05) is 26.8 Å². The largest absolute Gasteiger partial charge is 0.341 e. The quantitative estimate of drug-likeness (QED) is 0.815. The summed E-state index contributed by atoms with van der Waals surface area (Å²) in [4.78, 5) is 13.6. The zero-order valence-corrected chi connectivity index (χ0v) is 12.1. The van der Waals surface area contributed by atoms with E-state index in [4.69, 9.17) is 0 Å². The average molecular weight is 302 g/mol. The minimum absolute atomic E-state index is 0.00704. The number of nitrogens with zero attached hydrogens (tertiary/aromatic N) is 1. The molecule has 0 saturated carbocycles.